The van der Waals surface area contributed by atoms with Crippen LogP contribution in [0.4, 0.5) is 13.2 Å². The highest BCUT2D eigenvalue weighted by molar-refractivity contribution is 5.87. The van der Waals surface area contributed by atoms with E-state index in [0.29, 0.717) is 6.42 Å². The van der Waals surface area contributed by atoms with Gasteiger partial charge in [-0.1, -0.05) is 40.0 Å². The third-order valence-corrected chi connectivity index (χ3v) is 2.80. The molecule has 0 bridgehead atoms. The predicted molar refractivity (Wildman–Crippen MR) is 72.5 cm³/mol. The van der Waals surface area contributed by atoms with Crippen molar-refractivity contribution in [1.29, 1.82) is 0 Å². The maximum atomic E-state index is 12.2. The summed E-state index contributed by atoms with van der Waals surface area (Å²) in [7, 11) is 0. The quantitative estimate of drug-likeness (QED) is 0.525. The Morgan fingerprint density at radius 2 is 1.76 bits per heavy atom. The van der Waals surface area contributed by atoms with E-state index in [0.717, 1.165) is 19.3 Å². The molecule has 0 aliphatic rings. The van der Waals surface area contributed by atoms with Crippen LogP contribution in [0.2, 0.25) is 0 Å². The molecule has 0 aliphatic heterocycles. The van der Waals surface area contributed by atoms with Crippen molar-refractivity contribution in [3.8, 4) is 0 Å². The topological polar surface area (TPSA) is 55.4 Å². The van der Waals surface area contributed by atoms with Crippen molar-refractivity contribution >= 4 is 11.9 Å². The van der Waals surface area contributed by atoms with E-state index in [2.05, 4.69) is 0 Å². The molecule has 124 valence electrons. The lowest BCUT2D eigenvalue weighted by Gasteiger charge is -2.20. The Morgan fingerprint density at radius 3 is 2.24 bits per heavy atom. The molecule has 7 heteroatoms. The Morgan fingerprint density at radius 1 is 1.14 bits per heavy atom. The lowest BCUT2D eigenvalue weighted by atomic mass is 10.0. The largest absolute Gasteiger partial charge is 0.471 e. The molecule has 0 aromatic rings. The highest BCUT2D eigenvalue weighted by atomic mass is 19.4. The van der Waals surface area contributed by atoms with Crippen LogP contribution in [0.1, 0.15) is 52.9 Å². The van der Waals surface area contributed by atoms with Gasteiger partial charge in [0.15, 0.2) is 0 Å². The number of nitrogens with one attached hydrogen (secondary N) is 1. The minimum absolute atomic E-state index is 0.0452. The van der Waals surface area contributed by atoms with E-state index in [9.17, 15) is 22.8 Å². The Bertz CT molecular complexity index is 330. The first-order valence-corrected chi connectivity index (χ1v) is 7.22. The molecule has 0 radical (unpaired) electrons. The van der Waals surface area contributed by atoms with Crippen molar-refractivity contribution in [3.05, 3.63) is 0 Å². The van der Waals surface area contributed by atoms with Crippen LogP contribution in [0.3, 0.4) is 0 Å². The van der Waals surface area contributed by atoms with Gasteiger partial charge in [0, 0.05) is 0 Å². The third kappa shape index (κ3) is 9.31. The highest BCUT2D eigenvalue weighted by Gasteiger charge is 2.41. The summed E-state index contributed by atoms with van der Waals surface area (Å²) in [6.45, 7) is 5.70. The summed E-state index contributed by atoms with van der Waals surface area (Å²) in [5.74, 6) is -2.97. The average Bonchev–Trinajstić information content (AvgIpc) is 2.35. The molecule has 1 unspecified atom stereocenters. The lowest BCUT2D eigenvalue weighted by Crippen LogP contribution is -2.48. The molecule has 0 aromatic carbocycles. The minimum atomic E-state index is -5.00. The fraction of sp³-hybridized carbons (Fsp3) is 0.857. The van der Waals surface area contributed by atoms with Gasteiger partial charge in [-0.3, -0.25) is 4.79 Å². The van der Waals surface area contributed by atoms with Gasteiger partial charge >= 0.3 is 18.1 Å². The SMILES string of the molecule is CCCCCCOC(=O)C(CC(C)C)NC(=O)C(F)(F)F. The standard InChI is InChI=1S/C14H24F3NO3/c1-4-5-6-7-8-21-12(19)11(9-10(2)3)18-13(20)14(15,16)17/h10-11H,4-9H2,1-3H3,(H,18,20). The Labute approximate surface area is 123 Å². The number of esters is 1. The molecular weight excluding hydrogens is 287 g/mol. The maximum absolute atomic E-state index is 12.2. The second-order valence-corrected chi connectivity index (χ2v) is 5.38. The summed E-state index contributed by atoms with van der Waals surface area (Å²) in [5.41, 5.74) is 0. The van der Waals surface area contributed by atoms with E-state index < -0.39 is 24.1 Å². The monoisotopic (exact) mass is 311 g/mol. The van der Waals surface area contributed by atoms with E-state index >= 15 is 0 Å². The van der Waals surface area contributed by atoms with Crippen molar-refractivity contribution in [3.63, 3.8) is 0 Å². The molecule has 1 amide bonds. The van der Waals surface area contributed by atoms with Gasteiger partial charge in [-0.2, -0.15) is 13.2 Å². The lowest BCUT2D eigenvalue weighted by molar-refractivity contribution is -0.176. The Kier molecular flexibility index (Phi) is 9.05. The molecule has 0 saturated heterocycles. The number of unbranched alkanes of at least 4 members (excludes halogenated alkanes) is 3. The summed E-state index contributed by atoms with van der Waals surface area (Å²) < 4.78 is 41.7. The molecule has 21 heavy (non-hydrogen) atoms. The first kappa shape index (κ1) is 19.7. The van der Waals surface area contributed by atoms with Crippen LogP contribution in [-0.2, 0) is 14.3 Å². The summed E-state index contributed by atoms with van der Waals surface area (Å²) in [6.07, 6.45) is -1.29. The fourth-order valence-electron chi connectivity index (χ4n) is 1.73. The van der Waals surface area contributed by atoms with Crippen molar-refractivity contribution in [2.75, 3.05) is 6.61 Å². The maximum Gasteiger partial charge on any atom is 0.471 e. The van der Waals surface area contributed by atoms with E-state index in [1.54, 1.807) is 19.2 Å². The van der Waals surface area contributed by atoms with Crippen molar-refractivity contribution in [1.82, 2.24) is 5.32 Å². The van der Waals surface area contributed by atoms with Gasteiger partial charge in [-0.15, -0.1) is 0 Å². The molecule has 1 N–H and O–H groups in total. The van der Waals surface area contributed by atoms with Crippen molar-refractivity contribution in [2.24, 2.45) is 5.92 Å². The molecule has 0 aliphatic carbocycles. The molecule has 1 atom stereocenters. The number of carbonyl (C=O) groups is 2. The molecule has 0 heterocycles. The van der Waals surface area contributed by atoms with Crippen molar-refractivity contribution < 1.29 is 27.5 Å². The fourth-order valence-corrected chi connectivity index (χ4v) is 1.73. The van der Waals surface area contributed by atoms with Gasteiger partial charge in [0.1, 0.15) is 6.04 Å². The molecule has 0 rings (SSSR count). The van der Waals surface area contributed by atoms with Crippen LogP contribution in [0.5, 0.6) is 0 Å². The summed E-state index contributed by atoms with van der Waals surface area (Å²) in [5, 5.41) is 1.70. The van der Waals surface area contributed by atoms with Crippen LogP contribution >= 0.6 is 0 Å². The van der Waals surface area contributed by atoms with Gasteiger partial charge in [-0.25, -0.2) is 4.79 Å². The number of alkyl halides is 3. The van der Waals surface area contributed by atoms with E-state index in [1.807, 2.05) is 6.92 Å². The number of ether oxygens (including phenoxy) is 1. The van der Waals surface area contributed by atoms with Gasteiger partial charge in [-0.05, 0) is 18.8 Å². The van der Waals surface area contributed by atoms with Gasteiger partial charge < -0.3 is 10.1 Å². The van der Waals surface area contributed by atoms with Gasteiger partial charge in [0.25, 0.3) is 0 Å². The summed E-state index contributed by atoms with van der Waals surface area (Å²) >= 11 is 0. The normalized spacial score (nSPS) is 13.1. The molecule has 0 fully saturated rings. The molecule has 0 saturated carbocycles. The zero-order valence-corrected chi connectivity index (χ0v) is 12.8. The number of carbonyl (C=O) groups excluding carboxylic acids is 2. The Hall–Kier alpha value is -1.27. The third-order valence-electron chi connectivity index (χ3n) is 2.80. The molecule has 4 nitrogen and oxygen atoms in total. The Balaban J connectivity index is 4.39. The van der Waals surface area contributed by atoms with Crippen LogP contribution in [-0.4, -0.2) is 30.7 Å². The summed E-state index contributed by atoms with van der Waals surface area (Å²) in [4.78, 5) is 22.7. The smallest absolute Gasteiger partial charge is 0.464 e. The van der Waals surface area contributed by atoms with Crippen molar-refractivity contribution in [2.45, 2.75) is 65.1 Å². The van der Waals surface area contributed by atoms with E-state index in [4.69, 9.17) is 4.74 Å². The van der Waals surface area contributed by atoms with Crippen LogP contribution in [0.25, 0.3) is 0 Å². The van der Waals surface area contributed by atoms with Crippen LogP contribution < -0.4 is 5.32 Å². The average molecular weight is 311 g/mol. The number of hydrogen-bond acceptors (Lipinski definition) is 3. The summed E-state index contributed by atoms with van der Waals surface area (Å²) in [6, 6.07) is -1.26. The number of hydrogen-bond donors (Lipinski definition) is 1. The van der Waals surface area contributed by atoms with Gasteiger partial charge in [0.05, 0.1) is 6.61 Å². The highest BCUT2D eigenvalue weighted by Crippen LogP contribution is 2.16. The van der Waals surface area contributed by atoms with E-state index in [-0.39, 0.29) is 18.9 Å². The second kappa shape index (κ2) is 9.63. The number of rotatable bonds is 9. The number of halogens is 3. The number of amides is 1. The van der Waals surface area contributed by atoms with E-state index in [1.165, 1.54) is 0 Å². The second-order valence-electron chi connectivity index (χ2n) is 5.38. The van der Waals surface area contributed by atoms with Gasteiger partial charge in [0.2, 0.25) is 0 Å². The predicted octanol–water partition coefficient (Wildman–Crippen LogP) is 3.20. The van der Waals surface area contributed by atoms with Crippen LogP contribution in [0, 0.1) is 5.92 Å². The molecular formula is C14H24F3NO3. The first-order valence-electron chi connectivity index (χ1n) is 7.22. The zero-order valence-electron chi connectivity index (χ0n) is 12.8. The molecule has 0 aromatic heterocycles. The zero-order chi connectivity index (χ0) is 16.5. The first-order chi connectivity index (χ1) is 9.68. The van der Waals surface area contributed by atoms with Crippen LogP contribution in [0.15, 0.2) is 0 Å². The molecule has 0 spiro atoms. The minimum Gasteiger partial charge on any atom is -0.464 e.